The molecule has 2 N–H and O–H groups in total. The highest BCUT2D eigenvalue weighted by Gasteiger charge is 2.16. The molecule has 1 saturated heterocycles. The van der Waals surface area contributed by atoms with E-state index in [-0.39, 0.29) is 0 Å². The van der Waals surface area contributed by atoms with Crippen molar-refractivity contribution in [1.29, 1.82) is 0 Å². The summed E-state index contributed by atoms with van der Waals surface area (Å²) in [7, 11) is 0. The second kappa shape index (κ2) is 5.91. The fourth-order valence-electron chi connectivity index (χ4n) is 2.20. The highest BCUT2D eigenvalue weighted by molar-refractivity contribution is 7.80. The monoisotopic (exact) mass is 250 g/mol. The molecule has 0 atom stereocenters. The summed E-state index contributed by atoms with van der Waals surface area (Å²) in [5.41, 5.74) is 6.35. The van der Waals surface area contributed by atoms with E-state index in [9.17, 15) is 0 Å². The molecule has 0 aromatic carbocycles. The number of rotatable bonds is 2. The molecule has 5 heteroatoms. The van der Waals surface area contributed by atoms with Crippen molar-refractivity contribution in [3.63, 3.8) is 0 Å². The Morgan fingerprint density at radius 2 is 1.65 bits per heavy atom. The normalized spacial score (nSPS) is 17.3. The Morgan fingerprint density at radius 1 is 1.06 bits per heavy atom. The summed E-state index contributed by atoms with van der Waals surface area (Å²) in [5.74, 6) is 0.849. The minimum Gasteiger partial charge on any atom is -0.388 e. The molecule has 4 nitrogen and oxygen atoms in total. The second-order valence-corrected chi connectivity index (χ2v) is 4.79. The molecule has 0 amide bonds. The summed E-state index contributed by atoms with van der Waals surface area (Å²) < 4.78 is 0. The van der Waals surface area contributed by atoms with Gasteiger partial charge in [0.05, 0.1) is 0 Å². The zero-order chi connectivity index (χ0) is 12.1. The molecule has 2 heterocycles. The van der Waals surface area contributed by atoms with Gasteiger partial charge < -0.3 is 10.6 Å². The van der Waals surface area contributed by atoms with Gasteiger partial charge in [-0.25, -0.2) is 9.97 Å². The van der Waals surface area contributed by atoms with Crippen LogP contribution in [0.4, 0.5) is 5.82 Å². The Hall–Kier alpha value is -1.23. The first-order valence-electron chi connectivity index (χ1n) is 6.15. The van der Waals surface area contributed by atoms with Crippen LogP contribution in [0.15, 0.2) is 12.4 Å². The maximum absolute atomic E-state index is 5.69. The maximum atomic E-state index is 5.69. The average molecular weight is 250 g/mol. The van der Waals surface area contributed by atoms with Crippen molar-refractivity contribution in [2.24, 2.45) is 5.73 Å². The van der Waals surface area contributed by atoms with E-state index in [1.165, 1.54) is 32.1 Å². The second-order valence-electron chi connectivity index (χ2n) is 4.35. The SMILES string of the molecule is NC(=S)c1nccnc1N1CCCCCCC1. The molecule has 2 rings (SSSR count). The van der Waals surface area contributed by atoms with Crippen molar-refractivity contribution in [2.45, 2.75) is 32.1 Å². The number of nitrogens with two attached hydrogens (primary N) is 1. The first-order valence-corrected chi connectivity index (χ1v) is 6.55. The third kappa shape index (κ3) is 3.12. The lowest BCUT2D eigenvalue weighted by Gasteiger charge is -2.26. The Kier molecular flexibility index (Phi) is 4.25. The molecule has 1 fully saturated rings. The van der Waals surface area contributed by atoms with E-state index in [2.05, 4.69) is 14.9 Å². The molecule has 1 aromatic heterocycles. The molecule has 92 valence electrons. The van der Waals surface area contributed by atoms with Crippen molar-refractivity contribution in [3.8, 4) is 0 Å². The molecule has 0 saturated carbocycles. The van der Waals surface area contributed by atoms with Crippen molar-refractivity contribution >= 4 is 23.0 Å². The molecule has 17 heavy (non-hydrogen) atoms. The summed E-state index contributed by atoms with van der Waals surface area (Å²) >= 11 is 5.03. The highest BCUT2D eigenvalue weighted by atomic mass is 32.1. The van der Waals surface area contributed by atoms with Crippen LogP contribution in [-0.4, -0.2) is 28.0 Å². The smallest absolute Gasteiger partial charge is 0.157 e. The Labute approximate surface area is 107 Å². The topological polar surface area (TPSA) is 55.0 Å². The van der Waals surface area contributed by atoms with Gasteiger partial charge in [0, 0.05) is 25.5 Å². The van der Waals surface area contributed by atoms with Crippen LogP contribution in [0.3, 0.4) is 0 Å². The van der Waals surface area contributed by atoms with Gasteiger partial charge in [0.1, 0.15) is 10.7 Å². The first kappa shape index (κ1) is 12.2. The van der Waals surface area contributed by atoms with Crippen LogP contribution in [-0.2, 0) is 0 Å². The van der Waals surface area contributed by atoms with Gasteiger partial charge in [-0.3, -0.25) is 0 Å². The standard InChI is InChI=1S/C12H18N4S/c13-11(17)10-12(15-7-6-14-10)16-8-4-2-1-3-5-9-16/h6-7H,1-5,8-9H2,(H2,13,17). The number of anilines is 1. The minimum atomic E-state index is 0.329. The Bertz CT molecular complexity index is 386. The molecule has 0 radical (unpaired) electrons. The van der Waals surface area contributed by atoms with Crippen LogP contribution in [0.2, 0.25) is 0 Å². The van der Waals surface area contributed by atoms with Crippen LogP contribution < -0.4 is 10.6 Å². The zero-order valence-electron chi connectivity index (χ0n) is 9.93. The number of thiocarbonyl (C=S) groups is 1. The summed E-state index contributed by atoms with van der Waals surface area (Å²) in [6.07, 6.45) is 9.67. The van der Waals surface area contributed by atoms with E-state index in [4.69, 9.17) is 18.0 Å². The predicted molar refractivity (Wildman–Crippen MR) is 73.2 cm³/mol. The van der Waals surface area contributed by atoms with Gasteiger partial charge in [-0.2, -0.15) is 0 Å². The fourth-order valence-corrected chi connectivity index (χ4v) is 2.34. The molecular formula is C12H18N4S. The van der Waals surface area contributed by atoms with E-state index in [1.54, 1.807) is 12.4 Å². The molecule has 0 bridgehead atoms. The van der Waals surface area contributed by atoms with E-state index in [1.807, 2.05) is 0 Å². The van der Waals surface area contributed by atoms with Gasteiger partial charge in [-0.15, -0.1) is 0 Å². The number of aromatic nitrogens is 2. The highest BCUT2D eigenvalue weighted by Crippen LogP contribution is 2.19. The Morgan fingerprint density at radius 3 is 2.29 bits per heavy atom. The molecule has 1 aliphatic rings. The lowest BCUT2D eigenvalue weighted by molar-refractivity contribution is 0.553. The lowest BCUT2D eigenvalue weighted by atomic mass is 10.1. The van der Waals surface area contributed by atoms with Crippen LogP contribution in [0.1, 0.15) is 37.8 Å². The van der Waals surface area contributed by atoms with E-state index >= 15 is 0 Å². The van der Waals surface area contributed by atoms with Gasteiger partial charge in [-0.1, -0.05) is 31.5 Å². The van der Waals surface area contributed by atoms with Gasteiger partial charge in [0.15, 0.2) is 5.82 Å². The van der Waals surface area contributed by atoms with Gasteiger partial charge >= 0.3 is 0 Å². The van der Waals surface area contributed by atoms with E-state index in [0.717, 1.165) is 18.9 Å². The number of nitrogens with zero attached hydrogens (tertiary/aromatic N) is 3. The average Bonchev–Trinajstić information content (AvgIpc) is 2.28. The largest absolute Gasteiger partial charge is 0.388 e. The maximum Gasteiger partial charge on any atom is 0.157 e. The summed E-state index contributed by atoms with van der Waals surface area (Å²) in [4.78, 5) is 11.2. The van der Waals surface area contributed by atoms with E-state index in [0.29, 0.717) is 10.7 Å². The zero-order valence-corrected chi connectivity index (χ0v) is 10.7. The van der Waals surface area contributed by atoms with Gasteiger partial charge in [0.2, 0.25) is 0 Å². The molecular weight excluding hydrogens is 232 g/mol. The molecule has 0 aliphatic carbocycles. The third-order valence-corrected chi connectivity index (χ3v) is 3.26. The number of hydrogen-bond donors (Lipinski definition) is 1. The molecule has 1 aromatic rings. The van der Waals surface area contributed by atoms with Gasteiger partial charge in [0.25, 0.3) is 0 Å². The molecule has 0 unspecified atom stereocenters. The summed E-state index contributed by atoms with van der Waals surface area (Å²) in [6, 6.07) is 0. The molecule has 1 aliphatic heterocycles. The van der Waals surface area contributed by atoms with Crippen molar-refractivity contribution in [3.05, 3.63) is 18.1 Å². The van der Waals surface area contributed by atoms with Crippen LogP contribution in [0.25, 0.3) is 0 Å². The predicted octanol–water partition coefficient (Wildman–Crippen LogP) is 1.88. The summed E-state index contributed by atoms with van der Waals surface area (Å²) in [5, 5.41) is 0. The van der Waals surface area contributed by atoms with Crippen molar-refractivity contribution in [1.82, 2.24) is 9.97 Å². The summed E-state index contributed by atoms with van der Waals surface area (Å²) in [6.45, 7) is 2.04. The van der Waals surface area contributed by atoms with Crippen LogP contribution in [0, 0.1) is 0 Å². The van der Waals surface area contributed by atoms with E-state index < -0.39 is 0 Å². The third-order valence-electron chi connectivity index (χ3n) is 3.07. The quantitative estimate of drug-likeness (QED) is 0.812. The van der Waals surface area contributed by atoms with Crippen LogP contribution in [0.5, 0.6) is 0 Å². The number of hydrogen-bond acceptors (Lipinski definition) is 4. The fraction of sp³-hybridized carbons (Fsp3) is 0.583. The van der Waals surface area contributed by atoms with Crippen LogP contribution >= 0.6 is 12.2 Å². The lowest BCUT2D eigenvalue weighted by Crippen LogP contribution is -2.30. The van der Waals surface area contributed by atoms with Crippen molar-refractivity contribution < 1.29 is 0 Å². The van der Waals surface area contributed by atoms with Gasteiger partial charge in [-0.05, 0) is 12.8 Å². The Balaban J connectivity index is 2.21. The minimum absolute atomic E-state index is 0.329. The molecule has 0 spiro atoms. The first-order chi connectivity index (χ1) is 8.29. The van der Waals surface area contributed by atoms with Crippen molar-refractivity contribution in [2.75, 3.05) is 18.0 Å².